The van der Waals surface area contributed by atoms with Gasteiger partial charge in [-0.3, -0.25) is 9.67 Å². The van der Waals surface area contributed by atoms with Crippen molar-refractivity contribution in [3.05, 3.63) is 71.1 Å². The van der Waals surface area contributed by atoms with Crippen LogP contribution < -0.4 is 4.72 Å². The third-order valence-electron chi connectivity index (χ3n) is 5.21. The fraction of sp³-hybridized carbons (Fsp3) is 0.333. The van der Waals surface area contributed by atoms with Crippen LogP contribution in [0.4, 0.5) is 0 Å². The lowest BCUT2D eigenvalue weighted by Crippen LogP contribution is -2.25. The highest BCUT2D eigenvalue weighted by Crippen LogP contribution is 2.33. The first-order valence-electron chi connectivity index (χ1n) is 9.71. The van der Waals surface area contributed by atoms with Crippen LogP contribution in [0.3, 0.4) is 0 Å². The quantitative estimate of drug-likeness (QED) is 0.605. The number of hydrogen-bond acceptors (Lipinski definition) is 4. The Morgan fingerprint density at radius 1 is 1.10 bits per heavy atom. The molecule has 1 aliphatic carbocycles. The lowest BCUT2D eigenvalue weighted by Gasteiger charge is -2.14. The van der Waals surface area contributed by atoms with E-state index in [0.29, 0.717) is 22.3 Å². The summed E-state index contributed by atoms with van der Waals surface area (Å²) in [6.45, 7) is 0.143. The molecule has 2 aromatic heterocycles. The van der Waals surface area contributed by atoms with Gasteiger partial charge in [0.25, 0.3) is 0 Å². The van der Waals surface area contributed by atoms with E-state index >= 15 is 0 Å². The molecular weight excluding hydrogens is 408 g/mol. The molecular formula is C21H23ClN4O2S. The molecule has 0 radical (unpaired) electrons. The van der Waals surface area contributed by atoms with E-state index in [9.17, 15) is 8.42 Å². The van der Waals surface area contributed by atoms with E-state index < -0.39 is 10.0 Å². The number of benzene rings is 1. The number of halogens is 1. The van der Waals surface area contributed by atoms with E-state index in [1.165, 1.54) is 12.8 Å². The molecule has 1 N–H and O–H groups in total. The molecule has 1 aromatic carbocycles. The third kappa shape index (κ3) is 4.86. The minimum absolute atomic E-state index is 0.143. The van der Waals surface area contributed by atoms with Crippen molar-refractivity contribution < 1.29 is 8.42 Å². The van der Waals surface area contributed by atoms with Gasteiger partial charge in [-0.25, -0.2) is 13.1 Å². The Labute approximate surface area is 176 Å². The van der Waals surface area contributed by atoms with Crippen LogP contribution in [0.15, 0.2) is 54.9 Å². The van der Waals surface area contributed by atoms with Gasteiger partial charge in [0, 0.05) is 23.0 Å². The second-order valence-corrected chi connectivity index (χ2v) is 9.53. The van der Waals surface area contributed by atoms with Crippen molar-refractivity contribution in [2.24, 2.45) is 0 Å². The van der Waals surface area contributed by atoms with Gasteiger partial charge in [0.1, 0.15) is 0 Å². The van der Waals surface area contributed by atoms with Crippen molar-refractivity contribution in [1.29, 1.82) is 0 Å². The Hall–Kier alpha value is -2.22. The predicted octanol–water partition coefficient (Wildman–Crippen LogP) is 4.33. The SMILES string of the molecule is O=S(=O)(Cc1ccccc1Cl)NCc1cc(-c2ccncc2)n(C2CCCC2)n1. The second-order valence-electron chi connectivity index (χ2n) is 7.31. The summed E-state index contributed by atoms with van der Waals surface area (Å²) in [4.78, 5) is 4.09. The molecule has 6 nitrogen and oxygen atoms in total. The van der Waals surface area contributed by atoms with Gasteiger partial charge in [-0.05, 0) is 42.7 Å². The molecule has 0 amide bonds. The van der Waals surface area contributed by atoms with Gasteiger partial charge >= 0.3 is 0 Å². The van der Waals surface area contributed by atoms with Crippen LogP contribution in [0.2, 0.25) is 5.02 Å². The third-order valence-corrected chi connectivity index (χ3v) is 6.85. The summed E-state index contributed by atoms with van der Waals surface area (Å²) in [6, 6.07) is 13.2. The molecule has 8 heteroatoms. The first-order valence-corrected chi connectivity index (χ1v) is 11.7. The summed E-state index contributed by atoms with van der Waals surface area (Å²) < 4.78 is 29.8. The second kappa shape index (κ2) is 8.65. The summed E-state index contributed by atoms with van der Waals surface area (Å²) in [5.41, 5.74) is 3.31. The normalized spacial score (nSPS) is 15.1. The van der Waals surface area contributed by atoms with E-state index in [2.05, 4.69) is 14.4 Å². The fourth-order valence-corrected chi connectivity index (χ4v) is 5.16. The molecule has 0 bridgehead atoms. The minimum atomic E-state index is -3.54. The summed E-state index contributed by atoms with van der Waals surface area (Å²) in [5, 5.41) is 5.19. The first-order chi connectivity index (χ1) is 14.0. The van der Waals surface area contributed by atoms with Gasteiger partial charge < -0.3 is 0 Å². The molecule has 1 fully saturated rings. The van der Waals surface area contributed by atoms with E-state index in [4.69, 9.17) is 16.7 Å². The van der Waals surface area contributed by atoms with Gasteiger partial charge in [-0.1, -0.05) is 42.6 Å². The molecule has 1 aliphatic rings. The van der Waals surface area contributed by atoms with Crippen LogP contribution in [0, 0.1) is 0 Å². The van der Waals surface area contributed by atoms with E-state index in [-0.39, 0.29) is 12.3 Å². The van der Waals surface area contributed by atoms with E-state index in [1.807, 2.05) is 18.2 Å². The number of aromatic nitrogens is 3. The number of sulfonamides is 1. The van der Waals surface area contributed by atoms with Crippen LogP contribution in [-0.2, 0) is 22.3 Å². The standard InChI is InChI=1S/C21H23ClN4O2S/c22-20-8-4-1-5-17(20)15-29(27,28)24-14-18-13-21(16-9-11-23-12-10-16)26(25-18)19-6-2-3-7-19/h1,4-5,8-13,19,24H,2-3,6-7,14-15H2. The van der Waals surface area contributed by atoms with Gasteiger partial charge in [-0.15, -0.1) is 0 Å². The topological polar surface area (TPSA) is 76.9 Å². The molecule has 0 saturated heterocycles. The Kier molecular flexibility index (Phi) is 5.99. The Morgan fingerprint density at radius 3 is 2.55 bits per heavy atom. The maximum absolute atomic E-state index is 12.5. The van der Waals surface area contributed by atoms with Crippen LogP contribution in [0.1, 0.15) is 43.0 Å². The number of hydrogen-bond donors (Lipinski definition) is 1. The maximum Gasteiger partial charge on any atom is 0.216 e. The molecule has 29 heavy (non-hydrogen) atoms. The number of nitrogens with zero attached hydrogens (tertiary/aromatic N) is 3. The zero-order valence-corrected chi connectivity index (χ0v) is 17.5. The van der Waals surface area contributed by atoms with Gasteiger partial charge in [0.05, 0.1) is 29.7 Å². The molecule has 0 atom stereocenters. The molecule has 1 saturated carbocycles. The van der Waals surface area contributed by atoms with Crippen molar-refractivity contribution in [3.63, 3.8) is 0 Å². The van der Waals surface area contributed by atoms with E-state index in [0.717, 1.165) is 24.1 Å². The maximum atomic E-state index is 12.5. The minimum Gasteiger partial charge on any atom is -0.265 e. The first kappa shape index (κ1) is 20.1. The highest BCUT2D eigenvalue weighted by atomic mass is 35.5. The average molecular weight is 431 g/mol. The van der Waals surface area contributed by atoms with Gasteiger partial charge in [-0.2, -0.15) is 5.10 Å². The molecule has 0 unspecified atom stereocenters. The average Bonchev–Trinajstić information content (AvgIpc) is 3.38. The predicted molar refractivity (Wildman–Crippen MR) is 114 cm³/mol. The molecule has 0 spiro atoms. The van der Waals surface area contributed by atoms with E-state index in [1.54, 1.807) is 36.7 Å². The Bertz CT molecular complexity index is 1080. The molecule has 3 aromatic rings. The summed E-state index contributed by atoms with van der Waals surface area (Å²) >= 11 is 6.10. The van der Waals surface area contributed by atoms with Crippen molar-refractivity contribution >= 4 is 21.6 Å². The van der Waals surface area contributed by atoms with Crippen LogP contribution in [0.5, 0.6) is 0 Å². The van der Waals surface area contributed by atoms with Crippen molar-refractivity contribution in [2.75, 3.05) is 0 Å². The number of pyridine rings is 1. The zero-order chi connectivity index (χ0) is 20.3. The molecule has 4 rings (SSSR count). The highest BCUT2D eigenvalue weighted by Gasteiger charge is 2.22. The monoisotopic (exact) mass is 430 g/mol. The Balaban J connectivity index is 1.53. The summed E-state index contributed by atoms with van der Waals surface area (Å²) in [5.74, 6) is -0.160. The van der Waals surface area contributed by atoms with Crippen LogP contribution >= 0.6 is 11.6 Å². The van der Waals surface area contributed by atoms with Crippen molar-refractivity contribution in [1.82, 2.24) is 19.5 Å². The zero-order valence-electron chi connectivity index (χ0n) is 16.0. The lowest BCUT2D eigenvalue weighted by atomic mass is 10.1. The van der Waals surface area contributed by atoms with Gasteiger partial charge in [0.2, 0.25) is 10.0 Å². The fourth-order valence-electron chi connectivity index (χ4n) is 3.75. The summed E-state index contributed by atoms with van der Waals surface area (Å²) in [7, 11) is -3.54. The van der Waals surface area contributed by atoms with Crippen molar-refractivity contribution in [2.45, 2.75) is 44.0 Å². The smallest absolute Gasteiger partial charge is 0.216 e. The van der Waals surface area contributed by atoms with Crippen LogP contribution in [0.25, 0.3) is 11.3 Å². The Morgan fingerprint density at radius 2 is 1.83 bits per heavy atom. The van der Waals surface area contributed by atoms with Gasteiger partial charge in [0.15, 0.2) is 0 Å². The molecule has 152 valence electrons. The highest BCUT2D eigenvalue weighted by molar-refractivity contribution is 7.88. The lowest BCUT2D eigenvalue weighted by molar-refractivity contribution is 0.467. The molecule has 2 heterocycles. The largest absolute Gasteiger partial charge is 0.265 e. The van der Waals surface area contributed by atoms with Crippen LogP contribution in [-0.4, -0.2) is 23.2 Å². The molecule has 0 aliphatic heterocycles. The summed E-state index contributed by atoms with van der Waals surface area (Å²) in [6.07, 6.45) is 8.09. The van der Waals surface area contributed by atoms with Crippen molar-refractivity contribution in [3.8, 4) is 11.3 Å². The number of nitrogens with one attached hydrogen (secondary N) is 1. The number of rotatable bonds is 7.